The fraction of sp³-hybridized carbons (Fsp3) is 0.188. The fourth-order valence-corrected chi connectivity index (χ4v) is 2.58. The summed E-state index contributed by atoms with van der Waals surface area (Å²) in [5.74, 6) is 0. The molecule has 1 unspecified atom stereocenters. The van der Waals surface area contributed by atoms with E-state index in [1.807, 2.05) is 56.3 Å². The maximum Gasteiger partial charge on any atom is 0.141 e. The predicted octanol–water partition coefficient (Wildman–Crippen LogP) is 4.74. The zero-order valence-corrected chi connectivity index (χ0v) is 12.5. The van der Waals surface area contributed by atoms with Gasteiger partial charge in [0.25, 0.3) is 0 Å². The van der Waals surface area contributed by atoms with Gasteiger partial charge >= 0.3 is 0 Å². The van der Waals surface area contributed by atoms with Gasteiger partial charge in [0.05, 0.1) is 6.07 Å². The van der Waals surface area contributed by atoms with Gasteiger partial charge in [-0.05, 0) is 37.6 Å². The molecule has 0 saturated carbocycles. The highest BCUT2D eigenvalue weighted by Gasteiger charge is 2.13. The van der Waals surface area contributed by atoms with Crippen molar-refractivity contribution in [1.82, 2.24) is 0 Å². The summed E-state index contributed by atoms with van der Waals surface area (Å²) in [5, 5.41) is 12.6. The molecule has 0 heterocycles. The topological polar surface area (TPSA) is 35.8 Å². The molecule has 0 aliphatic rings. The number of aryl methyl sites for hydroxylation is 2. The zero-order chi connectivity index (χ0) is 13.8. The smallest absolute Gasteiger partial charge is 0.141 e. The van der Waals surface area contributed by atoms with Crippen molar-refractivity contribution in [3.63, 3.8) is 0 Å². The monoisotopic (exact) mass is 314 g/mol. The van der Waals surface area contributed by atoms with E-state index in [0.717, 1.165) is 15.7 Å². The largest absolute Gasteiger partial charge is 0.366 e. The van der Waals surface area contributed by atoms with Crippen LogP contribution in [0.1, 0.15) is 22.7 Å². The summed E-state index contributed by atoms with van der Waals surface area (Å²) in [6, 6.07) is 16.0. The first kappa shape index (κ1) is 13.6. The van der Waals surface area contributed by atoms with Crippen LogP contribution >= 0.6 is 15.9 Å². The molecule has 1 N–H and O–H groups in total. The first-order valence-electron chi connectivity index (χ1n) is 6.09. The van der Waals surface area contributed by atoms with Crippen LogP contribution in [0.4, 0.5) is 5.69 Å². The van der Waals surface area contributed by atoms with Crippen LogP contribution in [0.5, 0.6) is 0 Å². The molecular formula is C16H15BrN2. The summed E-state index contributed by atoms with van der Waals surface area (Å²) in [6.07, 6.45) is 0. The highest BCUT2D eigenvalue weighted by molar-refractivity contribution is 9.10. The molecule has 1 atom stereocenters. The molecular weight excluding hydrogens is 300 g/mol. The minimum Gasteiger partial charge on any atom is -0.366 e. The second-order valence-corrected chi connectivity index (χ2v) is 5.45. The molecule has 3 heteroatoms. The molecule has 0 aliphatic heterocycles. The summed E-state index contributed by atoms with van der Waals surface area (Å²) in [7, 11) is 0. The molecule has 0 fully saturated rings. The molecule has 0 saturated heterocycles. The summed E-state index contributed by atoms with van der Waals surface area (Å²) in [6.45, 7) is 4.07. The van der Waals surface area contributed by atoms with Gasteiger partial charge in [-0.25, -0.2) is 0 Å². The van der Waals surface area contributed by atoms with E-state index >= 15 is 0 Å². The number of hydrogen-bond donors (Lipinski definition) is 1. The summed E-state index contributed by atoms with van der Waals surface area (Å²) in [4.78, 5) is 0. The van der Waals surface area contributed by atoms with Crippen LogP contribution in [-0.2, 0) is 0 Å². The Hall–Kier alpha value is -1.79. The van der Waals surface area contributed by atoms with Gasteiger partial charge < -0.3 is 5.32 Å². The molecule has 19 heavy (non-hydrogen) atoms. The average Bonchev–Trinajstić information content (AvgIpc) is 2.39. The van der Waals surface area contributed by atoms with Crippen LogP contribution in [0.3, 0.4) is 0 Å². The number of hydrogen-bond acceptors (Lipinski definition) is 2. The van der Waals surface area contributed by atoms with Gasteiger partial charge in [-0.3, -0.25) is 0 Å². The van der Waals surface area contributed by atoms with Crippen LogP contribution in [0, 0.1) is 25.2 Å². The Bertz CT molecular complexity index is 612. The van der Waals surface area contributed by atoms with Crippen molar-refractivity contribution in [2.75, 3.05) is 5.32 Å². The SMILES string of the molecule is Cc1ccc(NC(C#N)c2ccc(C)cc2Br)cc1. The standard InChI is InChI=1S/C16H15BrN2/c1-11-3-6-13(7-4-11)19-16(10-18)14-8-5-12(2)9-15(14)17/h3-9,16,19H,1-2H3. The number of nitriles is 1. The minimum absolute atomic E-state index is 0.363. The van der Waals surface area contributed by atoms with E-state index in [4.69, 9.17) is 0 Å². The molecule has 2 aromatic carbocycles. The third-order valence-corrected chi connectivity index (χ3v) is 3.65. The van der Waals surface area contributed by atoms with Gasteiger partial charge in [-0.1, -0.05) is 45.8 Å². The summed E-state index contributed by atoms with van der Waals surface area (Å²) in [5.41, 5.74) is 4.27. The third-order valence-electron chi connectivity index (χ3n) is 2.96. The lowest BCUT2D eigenvalue weighted by Gasteiger charge is -2.15. The molecule has 0 bridgehead atoms. The van der Waals surface area contributed by atoms with E-state index in [1.165, 1.54) is 11.1 Å². The Kier molecular flexibility index (Phi) is 4.24. The van der Waals surface area contributed by atoms with E-state index in [2.05, 4.69) is 27.3 Å². The third kappa shape index (κ3) is 3.36. The van der Waals surface area contributed by atoms with Gasteiger partial charge in [0.15, 0.2) is 0 Å². The Morgan fingerprint density at radius 1 is 1.05 bits per heavy atom. The van der Waals surface area contributed by atoms with Crippen molar-refractivity contribution in [2.24, 2.45) is 0 Å². The molecule has 0 spiro atoms. The molecule has 0 amide bonds. The van der Waals surface area contributed by atoms with Crippen molar-refractivity contribution in [2.45, 2.75) is 19.9 Å². The van der Waals surface area contributed by atoms with E-state index in [-0.39, 0.29) is 6.04 Å². The van der Waals surface area contributed by atoms with Crippen molar-refractivity contribution >= 4 is 21.6 Å². The Balaban J connectivity index is 2.25. The minimum atomic E-state index is -0.363. The molecule has 2 aromatic rings. The van der Waals surface area contributed by atoms with Gasteiger partial charge in [-0.2, -0.15) is 5.26 Å². The lowest BCUT2D eigenvalue weighted by Crippen LogP contribution is -2.09. The molecule has 2 rings (SSSR count). The van der Waals surface area contributed by atoms with Crippen LogP contribution in [0.15, 0.2) is 46.9 Å². The van der Waals surface area contributed by atoms with E-state index in [1.54, 1.807) is 0 Å². The quantitative estimate of drug-likeness (QED) is 0.888. The van der Waals surface area contributed by atoms with Crippen molar-refractivity contribution < 1.29 is 0 Å². The maximum atomic E-state index is 9.36. The lowest BCUT2D eigenvalue weighted by atomic mass is 10.1. The summed E-state index contributed by atoms with van der Waals surface area (Å²) < 4.78 is 0.957. The van der Waals surface area contributed by atoms with Crippen LogP contribution < -0.4 is 5.32 Å². The van der Waals surface area contributed by atoms with Gasteiger partial charge in [0.1, 0.15) is 6.04 Å². The maximum absolute atomic E-state index is 9.36. The first-order valence-corrected chi connectivity index (χ1v) is 6.88. The highest BCUT2D eigenvalue weighted by Crippen LogP contribution is 2.27. The van der Waals surface area contributed by atoms with Gasteiger partial charge in [-0.15, -0.1) is 0 Å². The van der Waals surface area contributed by atoms with Crippen molar-refractivity contribution in [3.8, 4) is 6.07 Å². The Labute approximate surface area is 122 Å². The van der Waals surface area contributed by atoms with Crippen LogP contribution in [0.25, 0.3) is 0 Å². The van der Waals surface area contributed by atoms with E-state index < -0.39 is 0 Å². The molecule has 0 aliphatic carbocycles. The highest BCUT2D eigenvalue weighted by atomic mass is 79.9. The second-order valence-electron chi connectivity index (χ2n) is 4.60. The number of nitrogens with zero attached hydrogens (tertiary/aromatic N) is 1. The molecule has 2 nitrogen and oxygen atoms in total. The van der Waals surface area contributed by atoms with Crippen molar-refractivity contribution in [1.29, 1.82) is 5.26 Å². The second kappa shape index (κ2) is 5.90. The number of nitrogens with one attached hydrogen (secondary N) is 1. The molecule has 96 valence electrons. The number of rotatable bonds is 3. The van der Waals surface area contributed by atoms with Gasteiger partial charge in [0.2, 0.25) is 0 Å². The normalized spacial score (nSPS) is 11.7. The van der Waals surface area contributed by atoms with E-state index in [9.17, 15) is 5.26 Å². The number of benzene rings is 2. The lowest BCUT2D eigenvalue weighted by molar-refractivity contribution is 0.987. The van der Waals surface area contributed by atoms with Crippen LogP contribution in [0.2, 0.25) is 0 Å². The van der Waals surface area contributed by atoms with Crippen molar-refractivity contribution in [3.05, 3.63) is 63.6 Å². The first-order chi connectivity index (χ1) is 9.10. The van der Waals surface area contributed by atoms with E-state index in [0.29, 0.717) is 0 Å². The average molecular weight is 315 g/mol. The number of anilines is 1. The predicted molar refractivity (Wildman–Crippen MR) is 82.0 cm³/mol. The Morgan fingerprint density at radius 3 is 2.26 bits per heavy atom. The number of halogens is 1. The summed E-state index contributed by atoms with van der Waals surface area (Å²) >= 11 is 3.52. The zero-order valence-electron chi connectivity index (χ0n) is 10.9. The van der Waals surface area contributed by atoms with Gasteiger partial charge in [0, 0.05) is 15.7 Å². The fourth-order valence-electron chi connectivity index (χ4n) is 1.86. The molecule has 0 aromatic heterocycles. The van der Waals surface area contributed by atoms with Crippen LogP contribution in [-0.4, -0.2) is 0 Å². The Morgan fingerprint density at radius 2 is 1.68 bits per heavy atom. The molecule has 0 radical (unpaired) electrons.